The standard InChI is InChI=1S/C13H21NO2/c1-11(2)14-9-13(5-7-15-10-13)8-12-4-3-6-16-12/h3-4,6,11,14H,5,7-10H2,1-2H3. The van der Waals surface area contributed by atoms with Crippen LogP contribution in [0.1, 0.15) is 26.0 Å². The third-order valence-corrected chi connectivity index (χ3v) is 3.20. The van der Waals surface area contributed by atoms with Crippen molar-refractivity contribution in [3.8, 4) is 0 Å². The number of ether oxygens (including phenoxy) is 1. The van der Waals surface area contributed by atoms with E-state index in [0.29, 0.717) is 6.04 Å². The Balaban J connectivity index is 1.98. The Kier molecular flexibility index (Phi) is 3.66. The molecule has 0 aliphatic carbocycles. The van der Waals surface area contributed by atoms with Crippen LogP contribution in [0.15, 0.2) is 22.8 Å². The van der Waals surface area contributed by atoms with E-state index in [2.05, 4.69) is 25.2 Å². The van der Waals surface area contributed by atoms with Crippen LogP contribution in [0.4, 0.5) is 0 Å². The lowest BCUT2D eigenvalue weighted by Crippen LogP contribution is -2.39. The molecule has 0 bridgehead atoms. The van der Waals surface area contributed by atoms with Crippen LogP contribution < -0.4 is 5.32 Å². The molecule has 0 aromatic carbocycles. The summed E-state index contributed by atoms with van der Waals surface area (Å²) in [6, 6.07) is 4.53. The normalized spacial score (nSPS) is 25.4. The second-order valence-electron chi connectivity index (χ2n) is 5.09. The highest BCUT2D eigenvalue weighted by atomic mass is 16.5. The molecule has 3 nitrogen and oxygen atoms in total. The van der Waals surface area contributed by atoms with E-state index in [1.807, 2.05) is 6.07 Å². The molecule has 1 aliphatic rings. The van der Waals surface area contributed by atoms with Crippen LogP contribution in [-0.4, -0.2) is 25.8 Å². The highest BCUT2D eigenvalue weighted by Crippen LogP contribution is 2.32. The van der Waals surface area contributed by atoms with Crippen LogP contribution >= 0.6 is 0 Å². The van der Waals surface area contributed by atoms with Gasteiger partial charge in [0.15, 0.2) is 0 Å². The number of hydrogen-bond acceptors (Lipinski definition) is 3. The fourth-order valence-corrected chi connectivity index (χ4v) is 2.19. The minimum atomic E-state index is 0.224. The monoisotopic (exact) mass is 223 g/mol. The zero-order valence-electron chi connectivity index (χ0n) is 10.2. The van der Waals surface area contributed by atoms with Gasteiger partial charge in [-0.3, -0.25) is 0 Å². The van der Waals surface area contributed by atoms with E-state index in [1.165, 1.54) is 0 Å². The Morgan fingerprint density at radius 2 is 2.38 bits per heavy atom. The van der Waals surface area contributed by atoms with Gasteiger partial charge in [0.05, 0.1) is 12.9 Å². The van der Waals surface area contributed by atoms with E-state index in [4.69, 9.17) is 9.15 Å². The van der Waals surface area contributed by atoms with Crippen molar-refractivity contribution in [3.63, 3.8) is 0 Å². The van der Waals surface area contributed by atoms with Gasteiger partial charge in [-0.2, -0.15) is 0 Å². The van der Waals surface area contributed by atoms with Crippen molar-refractivity contribution in [2.45, 2.75) is 32.7 Å². The largest absolute Gasteiger partial charge is 0.469 e. The molecule has 1 aliphatic heterocycles. The van der Waals surface area contributed by atoms with Crippen molar-refractivity contribution in [1.29, 1.82) is 0 Å². The molecule has 0 saturated carbocycles. The minimum Gasteiger partial charge on any atom is -0.469 e. The molecule has 2 rings (SSSR count). The highest BCUT2D eigenvalue weighted by molar-refractivity contribution is 5.04. The first-order chi connectivity index (χ1) is 7.70. The Bertz CT molecular complexity index is 300. The molecule has 0 amide bonds. The van der Waals surface area contributed by atoms with Gasteiger partial charge in [0.25, 0.3) is 0 Å². The van der Waals surface area contributed by atoms with Crippen LogP contribution in [-0.2, 0) is 11.2 Å². The lowest BCUT2D eigenvalue weighted by molar-refractivity contribution is 0.144. The molecule has 3 heteroatoms. The van der Waals surface area contributed by atoms with Crippen molar-refractivity contribution in [1.82, 2.24) is 5.32 Å². The zero-order valence-corrected chi connectivity index (χ0v) is 10.2. The number of rotatable bonds is 5. The molecular weight excluding hydrogens is 202 g/mol. The van der Waals surface area contributed by atoms with Crippen LogP contribution in [0.2, 0.25) is 0 Å². The Morgan fingerprint density at radius 3 is 2.94 bits per heavy atom. The van der Waals surface area contributed by atoms with Gasteiger partial charge in [0.2, 0.25) is 0 Å². The molecule has 0 spiro atoms. The molecule has 1 fully saturated rings. The van der Waals surface area contributed by atoms with Crippen LogP contribution in [0.25, 0.3) is 0 Å². The van der Waals surface area contributed by atoms with Gasteiger partial charge >= 0.3 is 0 Å². The lowest BCUT2D eigenvalue weighted by Gasteiger charge is -2.28. The molecular formula is C13H21NO2. The minimum absolute atomic E-state index is 0.224. The van der Waals surface area contributed by atoms with Crippen molar-refractivity contribution in [2.24, 2.45) is 5.41 Å². The molecule has 1 aromatic rings. The van der Waals surface area contributed by atoms with Crippen molar-refractivity contribution >= 4 is 0 Å². The summed E-state index contributed by atoms with van der Waals surface area (Å²) in [5, 5.41) is 3.52. The van der Waals surface area contributed by atoms with Crippen LogP contribution in [0.5, 0.6) is 0 Å². The van der Waals surface area contributed by atoms with Crippen molar-refractivity contribution < 1.29 is 9.15 Å². The predicted molar refractivity (Wildman–Crippen MR) is 63.4 cm³/mol. The second-order valence-corrected chi connectivity index (χ2v) is 5.09. The smallest absolute Gasteiger partial charge is 0.104 e. The lowest BCUT2D eigenvalue weighted by atomic mass is 9.82. The molecule has 2 heterocycles. The molecule has 1 N–H and O–H groups in total. The summed E-state index contributed by atoms with van der Waals surface area (Å²) in [6.07, 6.45) is 3.84. The van der Waals surface area contributed by atoms with E-state index in [9.17, 15) is 0 Å². The quantitative estimate of drug-likeness (QED) is 0.831. The van der Waals surface area contributed by atoms with E-state index in [-0.39, 0.29) is 5.41 Å². The number of hydrogen-bond donors (Lipinski definition) is 1. The first kappa shape index (κ1) is 11.7. The molecule has 1 saturated heterocycles. The predicted octanol–water partition coefficient (Wildman–Crippen LogP) is 2.23. The molecule has 1 aromatic heterocycles. The second kappa shape index (κ2) is 5.02. The van der Waals surface area contributed by atoms with E-state index >= 15 is 0 Å². The maximum Gasteiger partial charge on any atom is 0.104 e. The van der Waals surface area contributed by atoms with Gasteiger partial charge in [-0.25, -0.2) is 0 Å². The van der Waals surface area contributed by atoms with E-state index < -0.39 is 0 Å². The Morgan fingerprint density at radius 1 is 1.50 bits per heavy atom. The van der Waals surface area contributed by atoms with Crippen molar-refractivity contribution in [2.75, 3.05) is 19.8 Å². The third-order valence-electron chi connectivity index (χ3n) is 3.20. The van der Waals surface area contributed by atoms with Gasteiger partial charge in [-0.15, -0.1) is 0 Å². The fourth-order valence-electron chi connectivity index (χ4n) is 2.19. The summed E-state index contributed by atoms with van der Waals surface area (Å²) in [6.45, 7) is 7.08. The number of nitrogens with one attached hydrogen (secondary N) is 1. The molecule has 90 valence electrons. The maximum absolute atomic E-state index is 5.56. The summed E-state index contributed by atoms with van der Waals surface area (Å²) in [5.41, 5.74) is 0.224. The molecule has 0 radical (unpaired) electrons. The van der Waals surface area contributed by atoms with Gasteiger partial charge in [-0.05, 0) is 18.6 Å². The zero-order chi connectivity index (χ0) is 11.4. The van der Waals surface area contributed by atoms with Crippen molar-refractivity contribution in [3.05, 3.63) is 24.2 Å². The number of furan rings is 1. The van der Waals surface area contributed by atoms with Gasteiger partial charge < -0.3 is 14.5 Å². The molecule has 16 heavy (non-hydrogen) atoms. The topological polar surface area (TPSA) is 34.4 Å². The van der Waals surface area contributed by atoms with E-state index in [0.717, 1.165) is 38.4 Å². The third kappa shape index (κ3) is 2.86. The molecule has 1 atom stereocenters. The average Bonchev–Trinajstić information content (AvgIpc) is 2.88. The molecule has 1 unspecified atom stereocenters. The average molecular weight is 223 g/mol. The summed E-state index contributed by atoms with van der Waals surface area (Å²) in [7, 11) is 0. The Labute approximate surface area is 97.2 Å². The Hall–Kier alpha value is -0.800. The van der Waals surface area contributed by atoms with Crippen LogP contribution in [0.3, 0.4) is 0 Å². The van der Waals surface area contributed by atoms with Gasteiger partial charge in [-0.1, -0.05) is 13.8 Å². The highest BCUT2D eigenvalue weighted by Gasteiger charge is 2.35. The van der Waals surface area contributed by atoms with E-state index in [1.54, 1.807) is 6.26 Å². The first-order valence-corrected chi connectivity index (χ1v) is 6.04. The summed E-state index contributed by atoms with van der Waals surface area (Å²) >= 11 is 0. The summed E-state index contributed by atoms with van der Waals surface area (Å²) in [5.74, 6) is 1.07. The first-order valence-electron chi connectivity index (χ1n) is 6.04. The summed E-state index contributed by atoms with van der Waals surface area (Å²) < 4.78 is 11.0. The van der Waals surface area contributed by atoms with Gasteiger partial charge in [0, 0.05) is 31.0 Å². The SMILES string of the molecule is CC(C)NCC1(Cc2ccco2)CCOC1. The van der Waals surface area contributed by atoms with Crippen LogP contribution in [0, 0.1) is 5.41 Å². The van der Waals surface area contributed by atoms with Gasteiger partial charge in [0.1, 0.15) is 5.76 Å². The fraction of sp³-hybridized carbons (Fsp3) is 0.692. The summed E-state index contributed by atoms with van der Waals surface area (Å²) in [4.78, 5) is 0. The maximum atomic E-state index is 5.56.